The van der Waals surface area contributed by atoms with Crippen molar-refractivity contribution in [3.05, 3.63) is 0 Å². The third-order valence-corrected chi connectivity index (χ3v) is 2.51. The second-order valence-corrected chi connectivity index (χ2v) is 3.60. The molecule has 1 heterocycles. The number of rotatable bonds is 0. The molecular formula is H2N3P3. The van der Waals surface area contributed by atoms with E-state index in [2.05, 4.69) is 13.9 Å². The highest BCUT2D eigenvalue weighted by molar-refractivity contribution is 7.55. The Morgan fingerprint density at radius 3 is 2.17 bits per heavy atom. The summed E-state index contributed by atoms with van der Waals surface area (Å²) in [4.78, 5) is 2.90. The van der Waals surface area contributed by atoms with Crippen LogP contribution in [0.1, 0.15) is 0 Å². The molecule has 0 spiro atoms. The molecule has 0 aromatic carbocycles. The van der Waals surface area contributed by atoms with Gasteiger partial charge in [0.25, 0.3) is 0 Å². The van der Waals surface area contributed by atoms with Gasteiger partial charge >= 0.3 is 0 Å². The van der Waals surface area contributed by atoms with Gasteiger partial charge < -0.3 is 0 Å². The molecule has 3 nitrogen and oxygen atoms in total. The molecule has 0 aromatic rings. The predicted octanol–water partition coefficient (Wildman–Crippen LogP) is 2.19. The van der Waals surface area contributed by atoms with Gasteiger partial charge in [0, 0.05) is 0 Å². The fraction of sp³-hybridized carbons (Fsp3) is 0. The van der Waals surface area contributed by atoms with E-state index in [1.54, 1.807) is 0 Å². The van der Waals surface area contributed by atoms with Crippen LogP contribution in [0.5, 0.6) is 0 Å². The van der Waals surface area contributed by atoms with Gasteiger partial charge in [0.2, 0.25) is 0 Å². The van der Waals surface area contributed by atoms with Crippen molar-refractivity contribution in [2.45, 2.75) is 0 Å². The molecule has 0 fully saturated rings. The van der Waals surface area contributed by atoms with Crippen LogP contribution in [0, 0.1) is 0 Å². The monoisotopic (exact) mass is 137 g/mol. The Balaban J connectivity index is 2.40. The van der Waals surface area contributed by atoms with Gasteiger partial charge in [0.15, 0.2) is 0 Å². The van der Waals surface area contributed by atoms with Crippen LogP contribution < -0.4 is 4.86 Å². The lowest BCUT2D eigenvalue weighted by Crippen LogP contribution is -1.67. The summed E-state index contributed by atoms with van der Waals surface area (Å²) in [5.41, 5.74) is 0. The maximum atomic E-state index is 3.89. The average Bonchev–Trinajstić information content (AvgIpc) is 1.72. The zero-order chi connectivity index (χ0) is 4.24. The summed E-state index contributed by atoms with van der Waals surface area (Å²) >= 11 is 0. The molecule has 0 aliphatic carbocycles. The predicted molar refractivity (Wildman–Crippen MR) is 30.1 cm³/mol. The molecule has 0 atom stereocenters. The van der Waals surface area contributed by atoms with Gasteiger partial charge in [-0.15, -0.1) is 0 Å². The summed E-state index contributed by atoms with van der Waals surface area (Å²) < 4.78 is 7.78. The number of nitrogens with one attached hydrogen (secondary N) is 1. The second kappa shape index (κ2) is 2.71. The fourth-order valence-corrected chi connectivity index (χ4v) is 2.33. The van der Waals surface area contributed by atoms with Crippen LogP contribution >= 0.6 is 25.9 Å². The maximum absolute atomic E-state index is 3.89. The van der Waals surface area contributed by atoms with Gasteiger partial charge in [-0.2, -0.15) is 4.86 Å². The molecule has 1 N–H and O–H groups in total. The highest BCUT2D eigenvalue weighted by Crippen LogP contribution is 2.28. The Bertz CT molecular complexity index is 64.0. The summed E-state index contributed by atoms with van der Waals surface area (Å²) in [6, 6.07) is 0. The van der Waals surface area contributed by atoms with Crippen molar-refractivity contribution in [2.75, 3.05) is 0 Å². The molecule has 0 bridgehead atoms. The van der Waals surface area contributed by atoms with Crippen LogP contribution in [0.2, 0.25) is 0 Å². The van der Waals surface area contributed by atoms with Gasteiger partial charge in [-0.05, 0) is 0 Å². The molecule has 0 aromatic heterocycles. The van der Waals surface area contributed by atoms with E-state index in [0.717, 1.165) is 17.0 Å². The molecule has 0 unspecified atom stereocenters. The summed E-state index contributed by atoms with van der Waals surface area (Å²) in [5, 5.41) is 0. The molecule has 32 valence electrons. The van der Waals surface area contributed by atoms with E-state index in [-0.39, 0.29) is 0 Å². The summed E-state index contributed by atoms with van der Waals surface area (Å²) in [5.74, 6) is 0. The zero-order valence-corrected chi connectivity index (χ0v) is 5.58. The SMILES string of the molecule is N1=PNP=NP1. The molecule has 0 saturated carbocycles. The Morgan fingerprint density at radius 1 is 1.33 bits per heavy atom. The minimum absolute atomic E-state index is 0.465. The highest BCUT2D eigenvalue weighted by Gasteiger charge is 1.78. The molecular weight excluding hydrogens is 135 g/mol. The topological polar surface area (TPSA) is 36.8 Å². The largest absolute Gasteiger partial charge is 0.206 e. The molecule has 6 heavy (non-hydrogen) atoms. The first kappa shape index (κ1) is 4.74. The van der Waals surface area contributed by atoms with Crippen LogP contribution in [-0.2, 0) is 0 Å². The minimum Gasteiger partial charge on any atom is -0.206 e. The lowest BCUT2D eigenvalue weighted by Gasteiger charge is -1.86. The number of hydrogen-bond acceptors (Lipinski definition) is 3. The van der Waals surface area contributed by atoms with E-state index in [9.17, 15) is 0 Å². The Labute approximate surface area is 40.7 Å². The van der Waals surface area contributed by atoms with Crippen molar-refractivity contribution in [1.82, 2.24) is 4.86 Å². The molecule has 0 saturated heterocycles. The second-order valence-electron chi connectivity index (χ2n) is 0.600. The Kier molecular flexibility index (Phi) is 2.14. The smallest absolute Gasteiger partial charge is 0.135 e. The number of hydrogen-bond donors (Lipinski definition) is 1. The van der Waals surface area contributed by atoms with E-state index < -0.39 is 0 Å². The Morgan fingerprint density at radius 2 is 2.00 bits per heavy atom. The molecule has 1 aliphatic heterocycles. The van der Waals surface area contributed by atoms with Gasteiger partial charge in [0.1, 0.15) is 25.9 Å². The van der Waals surface area contributed by atoms with Crippen LogP contribution in [0.25, 0.3) is 0 Å². The summed E-state index contributed by atoms with van der Waals surface area (Å²) in [7, 11) is 2.42. The average molecular weight is 137 g/mol. The minimum atomic E-state index is 0.465. The Hall–Kier alpha value is 0.590. The summed E-state index contributed by atoms with van der Waals surface area (Å²) in [6.45, 7) is 0. The van der Waals surface area contributed by atoms with Gasteiger partial charge in [-0.1, -0.05) is 0 Å². The lowest BCUT2D eigenvalue weighted by atomic mass is 13.8. The van der Waals surface area contributed by atoms with Gasteiger partial charge in [0.05, 0.1) is 0 Å². The highest BCUT2D eigenvalue weighted by atomic mass is 31.2. The molecule has 6 heteroatoms. The van der Waals surface area contributed by atoms with E-state index in [4.69, 9.17) is 0 Å². The number of nitrogens with zero attached hydrogens (tertiary/aromatic N) is 2. The lowest BCUT2D eigenvalue weighted by molar-refractivity contribution is 1.67. The standard InChI is InChI=1S/H2N3P3/c1-4-2-6-3-5-1/h4H,(H,1,2,3). The van der Waals surface area contributed by atoms with Crippen LogP contribution in [-0.4, -0.2) is 0 Å². The van der Waals surface area contributed by atoms with Crippen molar-refractivity contribution < 1.29 is 0 Å². The van der Waals surface area contributed by atoms with Crippen molar-refractivity contribution in [2.24, 2.45) is 9.03 Å². The third-order valence-electron chi connectivity index (χ3n) is 0.279. The molecule has 1 aliphatic rings. The maximum Gasteiger partial charge on any atom is 0.135 e. The first-order valence-corrected chi connectivity index (χ1v) is 3.88. The molecule has 0 radical (unpaired) electrons. The van der Waals surface area contributed by atoms with Gasteiger partial charge in [-0.3, -0.25) is 0 Å². The fourth-order valence-electron chi connectivity index (χ4n) is 0.129. The zero-order valence-electron chi connectivity index (χ0n) is 2.79. The van der Waals surface area contributed by atoms with Crippen LogP contribution in [0.3, 0.4) is 0 Å². The van der Waals surface area contributed by atoms with Crippen molar-refractivity contribution in [1.29, 1.82) is 0 Å². The van der Waals surface area contributed by atoms with Crippen molar-refractivity contribution in [3.63, 3.8) is 0 Å². The van der Waals surface area contributed by atoms with E-state index in [1.807, 2.05) is 0 Å². The van der Waals surface area contributed by atoms with Crippen molar-refractivity contribution >= 4 is 25.9 Å². The normalized spacial score (nSPS) is 28.0. The van der Waals surface area contributed by atoms with Crippen molar-refractivity contribution in [3.8, 4) is 0 Å². The first-order chi connectivity index (χ1) is 3.00. The first-order valence-electron chi connectivity index (χ1n) is 1.29. The quantitative estimate of drug-likeness (QED) is 0.510. The molecule has 0 amide bonds. The third kappa shape index (κ3) is 1.36. The van der Waals surface area contributed by atoms with E-state index in [1.165, 1.54) is 0 Å². The van der Waals surface area contributed by atoms with E-state index >= 15 is 0 Å². The summed E-state index contributed by atoms with van der Waals surface area (Å²) in [6.07, 6.45) is 0. The van der Waals surface area contributed by atoms with Crippen LogP contribution in [0.15, 0.2) is 9.03 Å². The molecule has 1 rings (SSSR count). The van der Waals surface area contributed by atoms with E-state index in [0.29, 0.717) is 8.88 Å². The van der Waals surface area contributed by atoms with Gasteiger partial charge in [-0.25, -0.2) is 9.03 Å². The van der Waals surface area contributed by atoms with Crippen LogP contribution in [0.4, 0.5) is 0 Å².